The van der Waals surface area contributed by atoms with E-state index in [-0.39, 0.29) is 51.9 Å². The second kappa shape index (κ2) is 19.7. The summed E-state index contributed by atoms with van der Waals surface area (Å²) in [6.07, 6.45) is -0.548. The number of hydrogen-bond acceptors (Lipinski definition) is 11. The molecule has 43 heavy (non-hydrogen) atoms. The summed E-state index contributed by atoms with van der Waals surface area (Å²) >= 11 is 1.11. The van der Waals surface area contributed by atoms with Gasteiger partial charge in [-0.1, -0.05) is 0 Å². The van der Waals surface area contributed by atoms with Gasteiger partial charge in [0.15, 0.2) is 0 Å². The lowest BCUT2D eigenvalue weighted by Gasteiger charge is -2.10. The summed E-state index contributed by atoms with van der Waals surface area (Å²) < 4.78 is 62.6. The van der Waals surface area contributed by atoms with E-state index in [9.17, 15) is 36.4 Å². The van der Waals surface area contributed by atoms with Crippen molar-refractivity contribution in [1.29, 1.82) is 10.5 Å². The first-order chi connectivity index (χ1) is 20.1. The minimum atomic E-state index is -1.92. The Morgan fingerprint density at radius 3 is 1.65 bits per heavy atom. The molecule has 1 amide bonds. The second-order valence-corrected chi connectivity index (χ2v) is 10.1. The van der Waals surface area contributed by atoms with Gasteiger partial charge in [-0.25, -0.2) is 17.2 Å². The third-order valence-corrected chi connectivity index (χ3v) is 5.76. The third kappa shape index (κ3) is 15.5. The molecule has 0 heterocycles. The number of ketones is 2. The number of hydrogen-bond donors (Lipinski definition) is 4. The molecule has 0 spiro atoms. The topological polar surface area (TPSA) is 231 Å². The fraction of sp³-hybridized carbons (Fsp3) is 0.250. The molecule has 2 rings (SSSR count). The van der Waals surface area contributed by atoms with Crippen LogP contribution in [0.25, 0.3) is 0 Å². The number of halogens is 3. The number of rotatable bonds is 11. The Balaban J connectivity index is 0.000000696. The average Bonchev–Trinajstić information content (AvgIpc) is 2.91. The van der Waals surface area contributed by atoms with Crippen molar-refractivity contribution in [2.45, 2.75) is 26.7 Å². The van der Waals surface area contributed by atoms with Crippen molar-refractivity contribution in [2.24, 2.45) is 0 Å². The van der Waals surface area contributed by atoms with Crippen LogP contribution in [0.4, 0.5) is 31.5 Å². The van der Waals surface area contributed by atoms with E-state index in [1.165, 1.54) is 34.1 Å². The molecule has 0 aliphatic carbocycles. The number of nitrogens with two attached hydrogens (primary N) is 1. The van der Waals surface area contributed by atoms with E-state index in [0.29, 0.717) is 0 Å². The van der Waals surface area contributed by atoms with E-state index in [0.717, 1.165) is 18.2 Å². The molecule has 232 valence electrons. The highest BCUT2D eigenvalue weighted by Gasteiger charge is 2.15. The Morgan fingerprint density at radius 1 is 0.837 bits per heavy atom. The molecule has 2 aromatic carbocycles. The number of nitrogens with one attached hydrogen (secondary N) is 3. The predicted octanol–water partition coefficient (Wildman–Crippen LogP) is 2.90. The molecule has 14 nitrogen and oxygen atoms in total. The zero-order valence-electron chi connectivity index (χ0n) is 22.9. The van der Waals surface area contributed by atoms with Gasteiger partial charge >= 0.3 is 0 Å². The van der Waals surface area contributed by atoms with Crippen LogP contribution in [0.1, 0.15) is 37.8 Å². The van der Waals surface area contributed by atoms with Crippen LogP contribution in [0.2, 0.25) is 0 Å². The van der Waals surface area contributed by atoms with Gasteiger partial charge in [-0.15, -0.1) is 0 Å². The summed E-state index contributed by atoms with van der Waals surface area (Å²) in [7, 11) is 2.40. The van der Waals surface area contributed by atoms with Gasteiger partial charge in [-0.2, -0.15) is 10.5 Å². The Hall–Kier alpha value is -4.33. The SMILES string of the molecule is CC(=O)CC(=O)Cl.COS(=O)Nc1cc(N)c(F)cc1C#N.COS(=O)Nc1cc(NC(=O)CC(C)=O)c(F)cc1C#N. The van der Waals surface area contributed by atoms with Crippen molar-refractivity contribution < 1.29 is 44.7 Å². The summed E-state index contributed by atoms with van der Waals surface area (Å²) in [5.74, 6) is -2.80. The van der Waals surface area contributed by atoms with E-state index < -0.39 is 51.7 Å². The van der Waals surface area contributed by atoms with Crippen LogP contribution < -0.4 is 20.5 Å². The monoisotopic (exact) mass is 662 g/mol. The molecule has 2 unspecified atom stereocenters. The number of amides is 1. The van der Waals surface area contributed by atoms with E-state index >= 15 is 0 Å². The zero-order valence-corrected chi connectivity index (χ0v) is 25.3. The first-order valence-electron chi connectivity index (χ1n) is 11.2. The smallest absolute Gasteiger partial charge is 0.261 e. The quantitative estimate of drug-likeness (QED) is 0.155. The van der Waals surface area contributed by atoms with Crippen molar-refractivity contribution in [3.63, 3.8) is 0 Å². The standard InChI is InChI=1S/C12H12FN3O4S.C8H8FN3O2S.C4H5ClO2/c1-7(17)3-12(18)15-11-5-10(16-21(19)20-2)8(6-14)4-9(11)13;1-14-15(13)12-8-3-7(11)6(9)2-5(8)4-10;1-3(6)2-4(5)7/h4-5,16H,3H2,1-2H3,(H,15,18);2-3,12H,11H2,1H3;2H2,1H3. The number of anilines is 4. The fourth-order valence-electron chi connectivity index (χ4n) is 2.49. The minimum Gasteiger partial charge on any atom is -0.396 e. The molecule has 0 aromatic heterocycles. The predicted molar refractivity (Wildman–Crippen MR) is 154 cm³/mol. The van der Waals surface area contributed by atoms with Crippen LogP contribution >= 0.6 is 11.6 Å². The van der Waals surface area contributed by atoms with E-state index in [4.69, 9.17) is 27.9 Å². The third-order valence-electron chi connectivity index (χ3n) is 4.25. The van der Waals surface area contributed by atoms with Gasteiger partial charge in [0.2, 0.25) is 11.1 Å². The highest BCUT2D eigenvalue weighted by Crippen LogP contribution is 2.25. The maximum atomic E-state index is 13.7. The molecule has 0 saturated carbocycles. The molecule has 0 fully saturated rings. The molecule has 5 N–H and O–H groups in total. The molecule has 0 saturated heterocycles. The number of nitrogens with zero attached hydrogens (tertiary/aromatic N) is 2. The maximum absolute atomic E-state index is 13.7. The normalized spacial score (nSPS) is 11.0. The molecule has 2 aromatic rings. The first kappa shape index (κ1) is 38.7. The Bertz CT molecular complexity index is 1490. The van der Waals surface area contributed by atoms with Crippen molar-refractivity contribution in [1.82, 2.24) is 0 Å². The summed E-state index contributed by atoms with van der Waals surface area (Å²) in [5.41, 5.74) is 5.01. The van der Waals surface area contributed by atoms with Gasteiger partial charge in [0.05, 0.1) is 60.9 Å². The van der Waals surface area contributed by atoms with Gasteiger partial charge in [0, 0.05) is 0 Å². The van der Waals surface area contributed by atoms with Crippen LogP contribution in [0.5, 0.6) is 0 Å². The lowest BCUT2D eigenvalue weighted by atomic mass is 10.1. The Labute approximate surface area is 255 Å². The molecular formula is C24H25ClF2N6O8S2. The van der Waals surface area contributed by atoms with Crippen LogP contribution in [-0.4, -0.2) is 45.4 Å². The zero-order chi connectivity index (χ0) is 33.3. The number of carbonyl (C=O) groups is 4. The van der Waals surface area contributed by atoms with Crippen molar-refractivity contribution in [3.05, 3.63) is 47.0 Å². The Morgan fingerprint density at radius 2 is 1.28 bits per heavy atom. The van der Waals surface area contributed by atoms with Crippen molar-refractivity contribution >= 4 is 79.6 Å². The van der Waals surface area contributed by atoms with E-state index in [2.05, 4.69) is 23.1 Å². The second-order valence-electron chi connectivity index (χ2n) is 7.69. The molecule has 0 bridgehead atoms. The number of nitrogen functional groups attached to an aromatic ring is 1. The molecular weight excluding hydrogens is 638 g/mol. The lowest BCUT2D eigenvalue weighted by molar-refractivity contribution is -0.125. The van der Waals surface area contributed by atoms with Gasteiger partial charge in [-0.3, -0.25) is 37.0 Å². The first-order valence-corrected chi connectivity index (χ1v) is 13.8. The summed E-state index contributed by atoms with van der Waals surface area (Å²) in [5, 5.41) is 19.2. The summed E-state index contributed by atoms with van der Waals surface area (Å²) in [6, 6.07) is 7.59. The van der Waals surface area contributed by atoms with Crippen LogP contribution in [0, 0.1) is 34.3 Å². The van der Waals surface area contributed by atoms with Gasteiger partial charge < -0.3 is 11.1 Å². The molecule has 0 radical (unpaired) electrons. The fourth-order valence-corrected chi connectivity index (χ4v) is 3.54. The average molecular weight is 663 g/mol. The minimum absolute atomic E-state index is 0.00657. The highest BCUT2D eigenvalue weighted by molar-refractivity contribution is 7.81. The number of Topliss-reactive ketones (excluding diaryl/α,β-unsaturated/α-hetero) is 2. The number of nitriles is 2. The number of carbonyl (C=O) groups excluding carboxylic acids is 4. The maximum Gasteiger partial charge on any atom is 0.261 e. The molecule has 0 aliphatic rings. The molecule has 0 aliphatic heterocycles. The van der Waals surface area contributed by atoms with Crippen molar-refractivity contribution in [3.8, 4) is 12.1 Å². The Kier molecular flexibility index (Phi) is 17.7. The molecule has 2 atom stereocenters. The van der Waals surface area contributed by atoms with Crippen LogP contribution in [0.15, 0.2) is 24.3 Å². The van der Waals surface area contributed by atoms with Gasteiger partial charge in [-0.05, 0) is 49.7 Å². The van der Waals surface area contributed by atoms with Gasteiger partial charge in [0.1, 0.15) is 35.3 Å². The lowest BCUT2D eigenvalue weighted by Crippen LogP contribution is -2.16. The van der Waals surface area contributed by atoms with Crippen molar-refractivity contribution in [2.75, 3.05) is 34.7 Å². The van der Waals surface area contributed by atoms with Crippen LogP contribution in [0.3, 0.4) is 0 Å². The van der Waals surface area contributed by atoms with Crippen LogP contribution in [-0.2, 0) is 50.1 Å². The largest absolute Gasteiger partial charge is 0.396 e. The van der Waals surface area contributed by atoms with E-state index in [1.807, 2.05) is 0 Å². The van der Waals surface area contributed by atoms with E-state index in [1.54, 1.807) is 12.1 Å². The summed E-state index contributed by atoms with van der Waals surface area (Å²) in [6.45, 7) is 2.55. The summed E-state index contributed by atoms with van der Waals surface area (Å²) in [4.78, 5) is 42.0. The molecule has 19 heteroatoms. The highest BCUT2D eigenvalue weighted by atomic mass is 35.5. The van der Waals surface area contributed by atoms with Gasteiger partial charge in [0.25, 0.3) is 22.5 Å². The number of benzene rings is 2.